The van der Waals surface area contributed by atoms with Gasteiger partial charge < -0.3 is 5.32 Å². The molecule has 0 aliphatic rings. The number of halogens is 1. The van der Waals surface area contributed by atoms with Crippen LogP contribution in [0.2, 0.25) is 0 Å². The van der Waals surface area contributed by atoms with Crippen molar-refractivity contribution in [1.82, 2.24) is 34.8 Å². The van der Waals surface area contributed by atoms with Crippen molar-refractivity contribution in [2.75, 3.05) is 11.6 Å². The monoisotopic (exact) mass is 448 g/mol. The molecule has 0 amide bonds. The number of rotatable bonds is 5. The lowest BCUT2D eigenvalue weighted by Gasteiger charge is -2.07. The molecule has 2 N–H and O–H groups in total. The molecule has 0 unspecified atom stereocenters. The van der Waals surface area contributed by atoms with Gasteiger partial charge in [0.1, 0.15) is 5.82 Å². The lowest BCUT2D eigenvalue weighted by Crippen LogP contribution is -2.13. The van der Waals surface area contributed by atoms with Gasteiger partial charge in [-0.3, -0.25) is 5.10 Å². The second-order valence-corrected chi connectivity index (χ2v) is 8.42. The molecule has 12 heteroatoms. The minimum absolute atomic E-state index is 0.226. The maximum Gasteiger partial charge on any atom is 0.252 e. The fraction of sp³-hybridized carbons (Fsp3) is 0.133. The molecule has 3 aromatic heterocycles. The molecule has 27 heavy (non-hydrogen) atoms. The molecule has 0 aliphatic carbocycles. The lowest BCUT2D eigenvalue weighted by molar-refractivity contribution is 0.592. The van der Waals surface area contributed by atoms with Gasteiger partial charge in [0.15, 0.2) is 11.5 Å². The summed E-state index contributed by atoms with van der Waals surface area (Å²) < 4.78 is 25.7. The highest BCUT2D eigenvalue weighted by Gasteiger charge is 2.18. The van der Waals surface area contributed by atoms with E-state index in [1.165, 1.54) is 10.7 Å². The predicted octanol–water partition coefficient (Wildman–Crippen LogP) is 1.69. The van der Waals surface area contributed by atoms with Crippen molar-refractivity contribution in [2.45, 2.75) is 11.7 Å². The van der Waals surface area contributed by atoms with Gasteiger partial charge in [-0.25, -0.2) is 13.4 Å². The number of hydrogen-bond donors (Lipinski definition) is 2. The zero-order valence-electron chi connectivity index (χ0n) is 14.0. The molecular weight excluding hydrogens is 436 g/mol. The van der Waals surface area contributed by atoms with Crippen molar-refractivity contribution < 1.29 is 8.42 Å². The molecular formula is C15H13BrN8O2S. The van der Waals surface area contributed by atoms with Gasteiger partial charge in [0.05, 0.1) is 17.2 Å². The molecule has 4 aromatic rings. The molecule has 0 bridgehead atoms. The number of nitrogens with zero attached hydrogens (tertiary/aromatic N) is 6. The molecule has 0 radical (unpaired) electrons. The highest BCUT2D eigenvalue weighted by molar-refractivity contribution is 9.10. The number of hydrogen-bond acceptors (Lipinski definition) is 8. The highest BCUT2D eigenvalue weighted by Crippen LogP contribution is 2.20. The van der Waals surface area contributed by atoms with Gasteiger partial charge in [0.25, 0.3) is 5.16 Å². The van der Waals surface area contributed by atoms with Gasteiger partial charge in [-0.05, 0) is 15.9 Å². The van der Waals surface area contributed by atoms with Gasteiger partial charge in [-0.15, -0.1) is 0 Å². The SMILES string of the molecule is CS(=O)(=O)c1nc(NCc2nc(-c3ccccc3)n[nH]2)n2ncc(Br)c2n1. The number of sulfone groups is 1. The molecule has 0 saturated heterocycles. The average molecular weight is 449 g/mol. The van der Waals surface area contributed by atoms with E-state index in [0.717, 1.165) is 11.8 Å². The number of anilines is 1. The highest BCUT2D eigenvalue weighted by atomic mass is 79.9. The Kier molecular flexibility index (Phi) is 4.36. The molecule has 138 valence electrons. The van der Waals surface area contributed by atoms with Crippen LogP contribution in [0.4, 0.5) is 5.95 Å². The molecule has 0 saturated carbocycles. The van der Waals surface area contributed by atoms with E-state index in [1.807, 2.05) is 30.3 Å². The number of nitrogens with one attached hydrogen (secondary N) is 2. The Labute approximate surface area is 162 Å². The Bertz CT molecular complexity index is 1220. The van der Waals surface area contributed by atoms with E-state index in [2.05, 4.69) is 51.5 Å². The average Bonchev–Trinajstić information content (AvgIpc) is 3.27. The summed E-state index contributed by atoms with van der Waals surface area (Å²) in [7, 11) is -3.59. The standard InChI is InChI=1S/C15H13BrN8O2S/c1-27(25,26)15-20-13-10(16)7-18-24(13)14(21-15)17-8-11-19-12(23-22-11)9-5-3-2-4-6-9/h2-7H,8H2,1H3,(H,17,20,21)(H,19,22,23). The van der Waals surface area contributed by atoms with Crippen molar-refractivity contribution in [3.05, 3.63) is 46.8 Å². The molecule has 0 fully saturated rings. The largest absolute Gasteiger partial charge is 0.347 e. The number of aromatic amines is 1. The number of aromatic nitrogens is 7. The van der Waals surface area contributed by atoms with E-state index in [9.17, 15) is 8.42 Å². The number of H-pyrrole nitrogens is 1. The van der Waals surface area contributed by atoms with Crippen molar-refractivity contribution in [1.29, 1.82) is 0 Å². The smallest absolute Gasteiger partial charge is 0.252 e. The van der Waals surface area contributed by atoms with Crippen LogP contribution in [0.1, 0.15) is 5.82 Å². The Balaban J connectivity index is 1.63. The molecule has 1 aromatic carbocycles. The summed E-state index contributed by atoms with van der Waals surface area (Å²) in [5.74, 6) is 1.36. The Morgan fingerprint density at radius 2 is 1.96 bits per heavy atom. The van der Waals surface area contributed by atoms with Crippen LogP contribution < -0.4 is 5.32 Å². The van der Waals surface area contributed by atoms with Crippen molar-refractivity contribution in [3.63, 3.8) is 0 Å². The Hall–Kier alpha value is -2.86. The third kappa shape index (κ3) is 3.53. The first-order valence-electron chi connectivity index (χ1n) is 7.74. The zero-order valence-corrected chi connectivity index (χ0v) is 16.4. The minimum Gasteiger partial charge on any atom is -0.347 e. The molecule has 0 atom stereocenters. The lowest BCUT2D eigenvalue weighted by atomic mass is 10.2. The topological polar surface area (TPSA) is 131 Å². The van der Waals surface area contributed by atoms with Gasteiger partial charge in [-0.2, -0.15) is 24.7 Å². The van der Waals surface area contributed by atoms with Crippen molar-refractivity contribution >= 4 is 37.4 Å². The molecule has 0 spiro atoms. The van der Waals surface area contributed by atoms with Crippen LogP contribution in [0.15, 0.2) is 46.2 Å². The fourth-order valence-electron chi connectivity index (χ4n) is 2.37. The fourth-order valence-corrected chi connectivity index (χ4v) is 3.22. The van der Waals surface area contributed by atoms with E-state index in [1.54, 1.807) is 0 Å². The molecule has 3 heterocycles. The van der Waals surface area contributed by atoms with E-state index in [4.69, 9.17) is 0 Å². The van der Waals surface area contributed by atoms with Crippen LogP contribution in [0.3, 0.4) is 0 Å². The van der Waals surface area contributed by atoms with E-state index >= 15 is 0 Å². The van der Waals surface area contributed by atoms with Gasteiger partial charge >= 0.3 is 0 Å². The molecule has 0 aliphatic heterocycles. The predicted molar refractivity (Wildman–Crippen MR) is 101 cm³/mol. The van der Waals surface area contributed by atoms with Crippen LogP contribution in [-0.2, 0) is 16.4 Å². The first-order chi connectivity index (χ1) is 12.9. The first kappa shape index (κ1) is 17.5. The van der Waals surface area contributed by atoms with Crippen LogP contribution in [0.25, 0.3) is 17.0 Å². The summed E-state index contributed by atoms with van der Waals surface area (Å²) in [6, 6.07) is 9.55. The van der Waals surface area contributed by atoms with Gasteiger partial charge in [0.2, 0.25) is 15.8 Å². The van der Waals surface area contributed by atoms with Crippen molar-refractivity contribution in [2.24, 2.45) is 0 Å². The van der Waals surface area contributed by atoms with E-state index in [-0.39, 0.29) is 17.6 Å². The van der Waals surface area contributed by atoms with Crippen LogP contribution in [0, 0.1) is 0 Å². The van der Waals surface area contributed by atoms with Crippen LogP contribution >= 0.6 is 15.9 Å². The Morgan fingerprint density at radius 1 is 1.19 bits per heavy atom. The third-order valence-corrected chi connectivity index (χ3v) is 5.02. The number of fused-ring (bicyclic) bond motifs is 1. The van der Waals surface area contributed by atoms with Gasteiger partial charge in [0, 0.05) is 11.8 Å². The maximum atomic E-state index is 11.9. The first-order valence-corrected chi connectivity index (χ1v) is 10.4. The maximum absolute atomic E-state index is 11.9. The summed E-state index contributed by atoms with van der Waals surface area (Å²) in [5, 5.41) is 13.9. The van der Waals surface area contributed by atoms with Crippen LogP contribution in [-0.4, -0.2) is 49.4 Å². The second-order valence-electron chi connectivity index (χ2n) is 5.66. The number of benzene rings is 1. The zero-order chi connectivity index (χ0) is 19.0. The Morgan fingerprint density at radius 3 is 2.70 bits per heavy atom. The third-order valence-electron chi connectivity index (χ3n) is 3.61. The summed E-state index contributed by atoms with van der Waals surface area (Å²) >= 11 is 3.30. The van der Waals surface area contributed by atoms with E-state index < -0.39 is 9.84 Å². The second kappa shape index (κ2) is 6.70. The van der Waals surface area contributed by atoms with Crippen molar-refractivity contribution in [3.8, 4) is 11.4 Å². The summed E-state index contributed by atoms with van der Waals surface area (Å²) in [6.45, 7) is 0.243. The van der Waals surface area contributed by atoms with Gasteiger partial charge in [-0.1, -0.05) is 30.3 Å². The van der Waals surface area contributed by atoms with Crippen LogP contribution in [0.5, 0.6) is 0 Å². The summed E-state index contributed by atoms with van der Waals surface area (Å²) in [5.41, 5.74) is 1.23. The quantitative estimate of drug-likeness (QED) is 0.471. The van der Waals surface area contributed by atoms with E-state index in [0.29, 0.717) is 21.8 Å². The normalized spacial score (nSPS) is 11.8. The minimum atomic E-state index is -3.59. The summed E-state index contributed by atoms with van der Waals surface area (Å²) in [4.78, 5) is 12.5. The molecule has 4 rings (SSSR count). The summed E-state index contributed by atoms with van der Waals surface area (Å²) in [6.07, 6.45) is 2.57. The molecule has 10 nitrogen and oxygen atoms in total.